The summed E-state index contributed by atoms with van der Waals surface area (Å²) in [6.45, 7) is 2.69. The monoisotopic (exact) mass is 204 g/mol. The average molecular weight is 204 g/mol. The Labute approximate surface area is 88.2 Å². The minimum Gasteiger partial charge on any atom is -0.449 e. The zero-order valence-corrected chi connectivity index (χ0v) is 8.51. The van der Waals surface area contributed by atoms with Gasteiger partial charge in [0.25, 0.3) is 0 Å². The van der Waals surface area contributed by atoms with Crippen molar-refractivity contribution in [2.45, 2.75) is 13.5 Å². The zero-order chi connectivity index (χ0) is 10.7. The molecule has 0 radical (unpaired) electrons. The summed E-state index contributed by atoms with van der Waals surface area (Å²) in [5.74, 6) is 0. The lowest BCUT2D eigenvalue weighted by molar-refractivity contribution is 0.127. The van der Waals surface area contributed by atoms with E-state index in [-0.39, 0.29) is 6.09 Å². The van der Waals surface area contributed by atoms with E-state index in [0.29, 0.717) is 13.2 Å². The van der Waals surface area contributed by atoms with Crippen LogP contribution >= 0.6 is 0 Å². The quantitative estimate of drug-likeness (QED) is 0.704. The molecule has 1 aromatic rings. The highest BCUT2D eigenvalue weighted by molar-refractivity contribution is 5.85. The van der Waals surface area contributed by atoms with Gasteiger partial charge in [-0.2, -0.15) is 0 Å². The van der Waals surface area contributed by atoms with Crippen LogP contribution in [0.3, 0.4) is 0 Å². The van der Waals surface area contributed by atoms with E-state index in [0.717, 1.165) is 11.3 Å². The number of hydrogen-bond acceptors (Lipinski definition) is 3. The number of benzene rings is 1. The summed E-state index contributed by atoms with van der Waals surface area (Å²) < 4.78 is 4.89. The molecule has 1 amide bonds. The number of fused-ring (bicyclic) bond motifs is 1. The second kappa shape index (κ2) is 4.13. The maximum absolute atomic E-state index is 11.4. The highest BCUT2D eigenvalue weighted by atomic mass is 16.6. The van der Waals surface area contributed by atoms with E-state index in [9.17, 15) is 4.79 Å². The molecule has 0 atom stereocenters. The molecule has 0 aromatic heterocycles. The van der Waals surface area contributed by atoms with Crippen LogP contribution in [-0.2, 0) is 11.3 Å². The van der Waals surface area contributed by atoms with E-state index in [1.165, 1.54) is 11.2 Å². The first-order chi connectivity index (χ1) is 7.31. The Bertz CT molecular complexity index is 401. The Balaban J connectivity index is 2.15. The molecule has 2 rings (SSSR count). The van der Waals surface area contributed by atoms with Crippen LogP contribution in [0.1, 0.15) is 12.5 Å². The maximum atomic E-state index is 11.4. The van der Waals surface area contributed by atoms with Crippen LogP contribution in [0.15, 0.2) is 29.3 Å². The van der Waals surface area contributed by atoms with Crippen LogP contribution in [-0.4, -0.2) is 23.9 Å². The summed E-state index contributed by atoms with van der Waals surface area (Å²) in [6.07, 6.45) is 1.16. The molecule has 1 aliphatic rings. The average Bonchev–Trinajstić information content (AvgIpc) is 2.29. The van der Waals surface area contributed by atoms with E-state index < -0.39 is 0 Å². The van der Waals surface area contributed by atoms with E-state index in [1.54, 1.807) is 6.92 Å². The zero-order valence-electron chi connectivity index (χ0n) is 8.51. The summed E-state index contributed by atoms with van der Waals surface area (Å²) in [4.78, 5) is 17.1. The number of aliphatic imine (C=N–C) groups is 1. The number of ether oxygens (including phenoxy) is 1. The Kier molecular flexibility index (Phi) is 2.67. The number of rotatable bonds is 1. The van der Waals surface area contributed by atoms with Crippen molar-refractivity contribution in [3.63, 3.8) is 0 Å². The summed E-state index contributed by atoms with van der Waals surface area (Å²) in [7, 11) is 0. The first kappa shape index (κ1) is 9.71. The third-order valence-corrected chi connectivity index (χ3v) is 2.17. The molecule has 1 aliphatic heterocycles. The van der Waals surface area contributed by atoms with E-state index in [4.69, 9.17) is 4.74 Å². The fourth-order valence-electron chi connectivity index (χ4n) is 1.44. The highest BCUT2D eigenvalue weighted by Gasteiger charge is 2.17. The highest BCUT2D eigenvalue weighted by Crippen LogP contribution is 2.23. The molecule has 0 spiro atoms. The van der Waals surface area contributed by atoms with Gasteiger partial charge < -0.3 is 4.74 Å². The van der Waals surface area contributed by atoms with E-state index >= 15 is 0 Å². The molecular formula is C11H12N2O2. The molecule has 4 heteroatoms. The van der Waals surface area contributed by atoms with Crippen molar-refractivity contribution in [3.8, 4) is 0 Å². The molecule has 0 bridgehead atoms. The molecular weight excluding hydrogens is 192 g/mol. The van der Waals surface area contributed by atoms with E-state index in [2.05, 4.69) is 4.99 Å². The molecule has 0 N–H and O–H groups in total. The van der Waals surface area contributed by atoms with Crippen molar-refractivity contribution < 1.29 is 9.53 Å². The van der Waals surface area contributed by atoms with Gasteiger partial charge in [0.1, 0.15) is 6.34 Å². The first-order valence-corrected chi connectivity index (χ1v) is 4.86. The lowest BCUT2D eigenvalue weighted by atomic mass is 10.1. The second-order valence-corrected chi connectivity index (χ2v) is 3.20. The fraction of sp³-hybridized carbons (Fsp3) is 0.273. The van der Waals surface area contributed by atoms with Crippen LogP contribution in [0, 0.1) is 0 Å². The van der Waals surface area contributed by atoms with Gasteiger partial charge in [-0.1, -0.05) is 18.2 Å². The van der Waals surface area contributed by atoms with Gasteiger partial charge in [0.2, 0.25) is 0 Å². The van der Waals surface area contributed by atoms with Crippen molar-refractivity contribution in [2.24, 2.45) is 4.99 Å². The Morgan fingerprint density at radius 2 is 2.33 bits per heavy atom. The van der Waals surface area contributed by atoms with Crippen LogP contribution < -0.4 is 0 Å². The molecule has 0 saturated heterocycles. The largest absolute Gasteiger partial charge is 0.449 e. The SMILES string of the molecule is CCOC(=O)N1C=Nc2ccccc2C1. The summed E-state index contributed by atoms with van der Waals surface area (Å²) in [5.41, 5.74) is 1.95. The third-order valence-electron chi connectivity index (χ3n) is 2.17. The van der Waals surface area contributed by atoms with Gasteiger partial charge in [-0.25, -0.2) is 9.79 Å². The van der Waals surface area contributed by atoms with Crippen molar-refractivity contribution in [3.05, 3.63) is 29.8 Å². The number of nitrogens with zero attached hydrogens (tertiary/aromatic N) is 2. The van der Waals surface area contributed by atoms with Crippen molar-refractivity contribution in [1.29, 1.82) is 0 Å². The van der Waals surface area contributed by atoms with Crippen molar-refractivity contribution >= 4 is 18.1 Å². The van der Waals surface area contributed by atoms with Crippen LogP contribution in [0.5, 0.6) is 0 Å². The van der Waals surface area contributed by atoms with Gasteiger partial charge in [0.15, 0.2) is 0 Å². The van der Waals surface area contributed by atoms with Crippen molar-refractivity contribution in [2.75, 3.05) is 6.61 Å². The molecule has 78 valence electrons. The maximum Gasteiger partial charge on any atom is 0.415 e. The van der Waals surface area contributed by atoms with Gasteiger partial charge in [0.05, 0.1) is 18.8 Å². The third kappa shape index (κ3) is 1.98. The molecule has 0 aliphatic carbocycles. The predicted octanol–water partition coefficient (Wildman–Crippen LogP) is 2.32. The van der Waals surface area contributed by atoms with Gasteiger partial charge in [-0.05, 0) is 18.6 Å². The number of amides is 1. The fourth-order valence-corrected chi connectivity index (χ4v) is 1.44. The predicted molar refractivity (Wildman–Crippen MR) is 57.2 cm³/mol. The van der Waals surface area contributed by atoms with Crippen LogP contribution in [0.25, 0.3) is 0 Å². The van der Waals surface area contributed by atoms with Crippen LogP contribution in [0.2, 0.25) is 0 Å². The molecule has 1 heterocycles. The van der Waals surface area contributed by atoms with Crippen LogP contribution in [0.4, 0.5) is 10.5 Å². The lowest BCUT2D eigenvalue weighted by Crippen LogP contribution is -2.31. The standard InChI is InChI=1S/C11H12N2O2/c1-2-15-11(14)13-7-9-5-3-4-6-10(9)12-8-13/h3-6,8H,2,7H2,1H3. The van der Waals surface area contributed by atoms with Gasteiger partial charge in [-0.15, -0.1) is 0 Å². The smallest absolute Gasteiger partial charge is 0.415 e. The second-order valence-electron chi connectivity index (χ2n) is 3.20. The van der Waals surface area contributed by atoms with Gasteiger partial charge in [0, 0.05) is 0 Å². The lowest BCUT2D eigenvalue weighted by Gasteiger charge is -2.21. The summed E-state index contributed by atoms with van der Waals surface area (Å²) in [6, 6.07) is 7.74. The summed E-state index contributed by atoms with van der Waals surface area (Å²) >= 11 is 0. The molecule has 4 nitrogen and oxygen atoms in total. The number of hydrogen-bond donors (Lipinski definition) is 0. The van der Waals surface area contributed by atoms with Gasteiger partial charge in [-0.3, -0.25) is 4.90 Å². The normalized spacial score (nSPS) is 13.5. The van der Waals surface area contributed by atoms with Gasteiger partial charge >= 0.3 is 6.09 Å². The first-order valence-electron chi connectivity index (χ1n) is 4.86. The number of carbonyl (C=O) groups excluding carboxylic acids is 1. The summed E-state index contributed by atoms with van der Waals surface area (Å²) in [5, 5.41) is 0. The Hall–Kier alpha value is -1.84. The minimum absolute atomic E-state index is 0.351. The molecule has 0 unspecified atom stereocenters. The number of carbonyl (C=O) groups is 1. The minimum atomic E-state index is -0.351. The Morgan fingerprint density at radius 1 is 1.53 bits per heavy atom. The van der Waals surface area contributed by atoms with E-state index in [1.807, 2.05) is 24.3 Å². The van der Waals surface area contributed by atoms with Crippen molar-refractivity contribution in [1.82, 2.24) is 4.90 Å². The molecule has 15 heavy (non-hydrogen) atoms. The molecule has 0 saturated carbocycles. The number of para-hydroxylation sites is 1. The topological polar surface area (TPSA) is 41.9 Å². The molecule has 1 aromatic carbocycles. The molecule has 0 fully saturated rings. The Morgan fingerprint density at radius 3 is 3.13 bits per heavy atom.